The zero-order valence-corrected chi connectivity index (χ0v) is 20.6. The normalized spacial score (nSPS) is 20.9. The minimum absolute atomic E-state index is 0.0915. The third-order valence-electron chi connectivity index (χ3n) is 5.63. The fourth-order valence-electron chi connectivity index (χ4n) is 4.28. The second-order valence-corrected chi connectivity index (χ2v) is 9.65. The summed E-state index contributed by atoms with van der Waals surface area (Å²) in [6, 6.07) is 8.35. The van der Waals surface area contributed by atoms with Crippen LogP contribution in [0.25, 0.3) is 0 Å². The van der Waals surface area contributed by atoms with Crippen LogP contribution < -0.4 is 9.64 Å². The lowest BCUT2D eigenvalue weighted by molar-refractivity contribution is -0.274. The maximum absolute atomic E-state index is 13.8. The van der Waals surface area contributed by atoms with E-state index in [2.05, 4.69) is 4.74 Å². The Morgan fingerprint density at radius 2 is 1.56 bits per heavy atom. The summed E-state index contributed by atoms with van der Waals surface area (Å²) < 4.78 is 82.4. The van der Waals surface area contributed by atoms with Crippen LogP contribution in [0.2, 0.25) is 10.0 Å². The lowest BCUT2D eigenvalue weighted by atomic mass is 9.90. The molecule has 1 aliphatic heterocycles. The standard InChI is InChI=1S/C23H20Cl2F6N2O3/c1-12(2)18-32(16-9-14(24)8-15(25)10-16)19(34)21(3,33(18)20(35)22(26,27)28)11-13-4-6-17(7-5-13)36-23(29,30)31/h4-10,12,18H,11H2,1-3H3/t18-,21-/m1/s1. The average Bonchev–Trinajstić information content (AvgIpc) is 2.94. The van der Waals surface area contributed by atoms with Gasteiger partial charge in [-0.25, -0.2) is 0 Å². The van der Waals surface area contributed by atoms with Crippen molar-refractivity contribution in [2.24, 2.45) is 5.92 Å². The minimum atomic E-state index is -5.30. The summed E-state index contributed by atoms with van der Waals surface area (Å²) in [5, 5.41) is 0.241. The molecule has 36 heavy (non-hydrogen) atoms. The number of hydrogen-bond donors (Lipinski definition) is 0. The predicted octanol–water partition coefficient (Wildman–Crippen LogP) is 6.61. The van der Waals surface area contributed by atoms with Crippen LogP contribution in [0.15, 0.2) is 42.5 Å². The van der Waals surface area contributed by atoms with E-state index >= 15 is 0 Å². The summed E-state index contributed by atoms with van der Waals surface area (Å²) in [7, 11) is 0. The highest BCUT2D eigenvalue weighted by atomic mass is 35.5. The third-order valence-corrected chi connectivity index (χ3v) is 6.07. The van der Waals surface area contributed by atoms with Crippen molar-refractivity contribution in [2.75, 3.05) is 4.90 Å². The van der Waals surface area contributed by atoms with E-state index in [1.165, 1.54) is 37.3 Å². The van der Waals surface area contributed by atoms with Gasteiger partial charge >= 0.3 is 18.4 Å². The van der Waals surface area contributed by atoms with Crippen molar-refractivity contribution in [3.8, 4) is 5.75 Å². The van der Waals surface area contributed by atoms with E-state index in [9.17, 15) is 35.9 Å². The van der Waals surface area contributed by atoms with Crippen LogP contribution in [0.3, 0.4) is 0 Å². The zero-order valence-electron chi connectivity index (χ0n) is 19.0. The van der Waals surface area contributed by atoms with Gasteiger partial charge in [0.2, 0.25) is 0 Å². The molecule has 0 spiro atoms. The molecule has 2 aromatic carbocycles. The van der Waals surface area contributed by atoms with Gasteiger partial charge in [-0.15, -0.1) is 13.2 Å². The van der Waals surface area contributed by atoms with E-state index in [0.29, 0.717) is 4.90 Å². The number of hydrogen-bond acceptors (Lipinski definition) is 3. The highest BCUT2D eigenvalue weighted by molar-refractivity contribution is 6.35. The molecule has 1 fully saturated rings. The Morgan fingerprint density at radius 3 is 2.00 bits per heavy atom. The lowest BCUT2D eigenvalue weighted by Crippen LogP contribution is -2.58. The van der Waals surface area contributed by atoms with Crippen molar-refractivity contribution in [3.05, 3.63) is 58.1 Å². The monoisotopic (exact) mass is 556 g/mol. The van der Waals surface area contributed by atoms with Crippen molar-refractivity contribution in [3.63, 3.8) is 0 Å². The molecule has 196 valence electrons. The number of benzene rings is 2. The van der Waals surface area contributed by atoms with Crippen LogP contribution in [0.5, 0.6) is 5.75 Å². The summed E-state index contributed by atoms with van der Waals surface area (Å²) in [4.78, 5) is 28.0. The maximum Gasteiger partial charge on any atom is 0.573 e. The molecule has 0 N–H and O–H groups in total. The van der Waals surface area contributed by atoms with Crippen LogP contribution in [-0.4, -0.2) is 41.0 Å². The molecule has 0 aliphatic carbocycles. The number of nitrogens with zero attached hydrogens (tertiary/aromatic N) is 2. The second-order valence-electron chi connectivity index (χ2n) is 8.78. The largest absolute Gasteiger partial charge is 0.573 e. The van der Waals surface area contributed by atoms with E-state index in [1.54, 1.807) is 13.8 Å². The molecule has 0 unspecified atom stereocenters. The van der Waals surface area contributed by atoms with Crippen LogP contribution in [0, 0.1) is 5.92 Å². The molecule has 1 saturated heterocycles. The van der Waals surface area contributed by atoms with Gasteiger partial charge in [-0.3, -0.25) is 19.4 Å². The highest BCUT2D eigenvalue weighted by Gasteiger charge is 2.62. The van der Waals surface area contributed by atoms with E-state index < -0.39 is 54.1 Å². The van der Waals surface area contributed by atoms with Gasteiger partial charge in [0, 0.05) is 22.2 Å². The molecule has 1 heterocycles. The van der Waals surface area contributed by atoms with Gasteiger partial charge in [0.25, 0.3) is 5.91 Å². The number of halogens is 8. The van der Waals surface area contributed by atoms with Gasteiger partial charge in [0.05, 0.1) is 0 Å². The predicted molar refractivity (Wildman–Crippen MR) is 121 cm³/mol. The molecule has 0 saturated carbocycles. The summed E-state index contributed by atoms with van der Waals surface area (Å²) in [5.74, 6) is -4.28. The Labute approximate surface area is 212 Å². The second kappa shape index (κ2) is 9.66. The van der Waals surface area contributed by atoms with Gasteiger partial charge in [-0.2, -0.15) is 13.2 Å². The Bertz CT molecular complexity index is 1130. The smallest absolute Gasteiger partial charge is 0.406 e. The van der Waals surface area contributed by atoms with Gasteiger partial charge in [-0.05, 0) is 48.7 Å². The first kappa shape index (κ1) is 27.9. The van der Waals surface area contributed by atoms with Gasteiger partial charge in [-0.1, -0.05) is 49.2 Å². The first-order valence-electron chi connectivity index (χ1n) is 10.5. The Kier molecular flexibility index (Phi) is 7.49. The fourth-order valence-corrected chi connectivity index (χ4v) is 4.80. The lowest BCUT2D eigenvalue weighted by Gasteiger charge is -2.38. The molecule has 1 aliphatic rings. The molecule has 0 bridgehead atoms. The molecule has 2 atom stereocenters. The quantitative estimate of drug-likeness (QED) is 0.389. The van der Waals surface area contributed by atoms with Crippen LogP contribution in [0.1, 0.15) is 26.3 Å². The minimum Gasteiger partial charge on any atom is -0.406 e. The molecule has 0 aromatic heterocycles. The Balaban J connectivity index is 2.12. The number of alkyl halides is 6. The first-order valence-corrected chi connectivity index (χ1v) is 11.2. The number of rotatable bonds is 5. The summed E-state index contributed by atoms with van der Waals surface area (Å²) in [6.45, 7) is 4.27. The summed E-state index contributed by atoms with van der Waals surface area (Å²) in [6.07, 6.45) is -12.0. The number of amides is 2. The molecule has 2 amide bonds. The Hall–Kier alpha value is -2.66. The highest BCUT2D eigenvalue weighted by Crippen LogP contribution is 2.43. The van der Waals surface area contributed by atoms with Crippen LogP contribution >= 0.6 is 23.2 Å². The van der Waals surface area contributed by atoms with Crippen molar-refractivity contribution < 1.29 is 40.7 Å². The summed E-state index contributed by atoms with van der Waals surface area (Å²) >= 11 is 12.1. The Morgan fingerprint density at radius 1 is 1.03 bits per heavy atom. The fraction of sp³-hybridized carbons (Fsp3) is 0.391. The third kappa shape index (κ3) is 5.67. The first-order chi connectivity index (χ1) is 16.4. The van der Waals surface area contributed by atoms with Crippen molar-refractivity contribution in [1.82, 2.24) is 4.90 Å². The average molecular weight is 557 g/mol. The molecule has 13 heteroatoms. The van der Waals surface area contributed by atoms with E-state index in [4.69, 9.17) is 23.2 Å². The van der Waals surface area contributed by atoms with Crippen molar-refractivity contribution in [2.45, 2.75) is 51.4 Å². The molecule has 0 radical (unpaired) electrons. The number of carbonyl (C=O) groups excluding carboxylic acids is 2. The van der Waals surface area contributed by atoms with Crippen LogP contribution in [-0.2, 0) is 16.0 Å². The van der Waals surface area contributed by atoms with E-state index in [0.717, 1.165) is 17.0 Å². The number of carbonyl (C=O) groups is 2. The molecule has 2 aromatic rings. The van der Waals surface area contributed by atoms with E-state index in [-0.39, 0.29) is 21.3 Å². The van der Waals surface area contributed by atoms with Gasteiger partial charge < -0.3 is 4.74 Å². The molecular formula is C23H20Cl2F6N2O3. The maximum atomic E-state index is 13.8. The van der Waals surface area contributed by atoms with Crippen LogP contribution in [0.4, 0.5) is 32.0 Å². The number of ether oxygens (including phenoxy) is 1. The molecule has 5 nitrogen and oxygen atoms in total. The topological polar surface area (TPSA) is 49.9 Å². The molecule has 3 rings (SSSR count). The van der Waals surface area contributed by atoms with Crippen molar-refractivity contribution >= 4 is 40.7 Å². The SMILES string of the molecule is CC(C)[C@@H]1N(c2cc(Cl)cc(Cl)c2)C(=O)[C@@](C)(Cc2ccc(OC(F)(F)F)cc2)N1C(=O)C(F)(F)F. The molecular weight excluding hydrogens is 537 g/mol. The zero-order chi connectivity index (χ0) is 27.2. The van der Waals surface area contributed by atoms with Crippen molar-refractivity contribution in [1.29, 1.82) is 0 Å². The summed E-state index contributed by atoms with van der Waals surface area (Å²) in [5.41, 5.74) is -1.76. The van der Waals surface area contributed by atoms with E-state index in [1.807, 2.05) is 0 Å². The van der Waals surface area contributed by atoms with Gasteiger partial charge in [0.1, 0.15) is 17.5 Å². The number of anilines is 1. The van der Waals surface area contributed by atoms with Gasteiger partial charge in [0.15, 0.2) is 0 Å².